The van der Waals surface area contributed by atoms with E-state index in [0.29, 0.717) is 11.8 Å². The highest BCUT2D eigenvalue weighted by Crippen LogP contribution is 2.35. The minimum absolute atomic E-state index is 0.0191. The van der Waals surface area contributed by atoms with Gasteiger partial charge in [0, 0.05) is 19.6 Å². The lowest BCUT2D eigenvalue weighted by molar-refractivity contribution is -0.132. The number of benzene rings is 1. The van der Waals surface area contributed by atoms with Crippen LogP contribution >= 0.6 is 31.9 Å². The third kappa shape index (κ3) is 3.96. The second kappa shape index (κ2) is 6.91. The average Bonchev–Trinajstić information content (AvgIpc) is 3.21. The first-order valence-corrected chi connectivity index (χ1v) is 8.12. The van der Waals surface area contributed by atoms with E-state index in [0.717, 1.165) is 33.9 Å². The van der Waals surface area contributed by atoms with Gasteiger partial charge in [-0.25, -0.2) is 0 Å². The van der Waals surface area contributed by atoms with E-state index < -0.39 is 0 Å². The Morgan fingerprint density at radius 1 is 1.40 bits per heavy atom. The molecule has 1 saturated carbocycles. The molecular formula is C14H18Br2N2O2. The Bertz CT molecular complexity index is 481. The lowest BCUT2D eigenvalue weighted by Crippen LogP contribution is -2.33. The Labute approximate surface area is 136 Å². The number of carbonyl (C=O) groups excluding carboxylic acids is 1. The van der Waals surface area contributed by atoms with Crippen molar-refractivity contribution in [1.82, 2.24) is 10.2 Å². The maximum Gasteiger partial charge on any atom is 0.260 e. The highest BCUT2D eigenvalue weighted by Gasteiger charge is 2.29. The molecule has 1 aromatic rings. The standard InChI is InChI=1S/C14H18Br2N2O2/c1-17-7-9-5-11(15)14(12(16)6-9)20-8-13(19)18(2)10-3-4-10/h5-6,10,17H,3-4,7-8H2,1-2H3. The van der Waals surface area contributed by atoms with Gasteiger partial charge in [0.15, 0.2) is 6.61 Å². The monoisotopic (exact) mass is 404 g/mol. The van der Waals surface area contributed by atoms with Gasteiger partial charge < -0.3 is 15.0 Å². The third-order valence-electron chi connectivity index (χ3n) is 3.27. The van der Waals surface area contributed by atoms with Crippen molar-refractivity contribution in [2.45, 2.75) is 25.4 Å². The van der Waals surface area contributed by atoms with Crippen molar-refractivity contribution >= 4 is 37.8 Å². The van der Waals surface area contributed by atoms with Crippen LogP contribution in [0.5, 0.6) is 5.75 Å². The van der Waals surface area contributed by atoms with Crippen LogP contribution in [-0.4, -0.2) is 37.6 Å². The minimum Gasteiger partial charge on any atom is -0.481 e. The van der Waals surface area contributed by atoms with Crippen molar-refractivity contribution in [2.24, 2.45) is 0 Å². The summed E-state index contributed by atoms with van der Waals surface area (Å²) in [6, 6.07) is 4.40. The summed E-state index contributed by atoms with van der Waals surface area (Å²) in [4.78, 5) is 13.7. The largest absolute Gasteiger partial charge is 0.481 e. The van der Waals surface area contributed by atoms with Gasteiger partial charge in [-0.3, -0.25) is 4.79 Å². The maximum absolute atomic E-state index is 12.0. The molecule has 0 saturated heterocycles. The third-order valence-corrected chi connectivity index (χ3v) is 4.45. The summed E-state index contributed by atoms with van der Waals surface area (Å²) in [5.74, 6) is 0.688. The molecule has 0 aliphatic heterocycles. The van der Waals surface area contributed by atoms with Gasteiger partial charge >= 0.3 is 0 Å². The number of hydrogen-bond donors (Lipinski definition) is 1. The van der Waals surface area contributed by atoms with E-state index in [1.54, 1.807) is 4.90 Å². The van der Waals surface area contributed by atoms with E-state index in [1.807, 2.05) is 26.2 Å². The van der Waals surface area contributed by atoms with Crippen molar-refractivity contribution in [3.05, 3.63) is 26.6 Å². The second-order valence-corrected chi connectivity index (χ2v) is 6.65. The molecule has 0 heterocycles. The van der Waals surface area contributed by atoms with Gasteiger partial charge in [0.1, 0.15) is 5.75 Å². The molecule has 0 radical (unpaired) electrons. The number of hydrogen-bond acceptors (Lipinski definition) is 3. The van der Waals surface area contributed by atoms with E-state index in [1.165, 1.54) is 0 Å². The van der Waals surface area contributed by atoms with Crippen molar-refractivity contribution in [3.8, 4) is 5.75 Å². The Morgan fingerprint density at radius 2 is 2.00 bits per heavy atom. The molecular weight excluding hydrogens is 388 g/mol. The summed E-state index contributed by atoms with van der Waals surface area (Å²) in [7, 11) is 3.74. The van der Waals surface area contributed by atoms with Crippen LogP contribution in [0, 0.1) is 0 Å². The number of carbonyl (C=O) groups is 1. The predicted molar refractivity (Wildman–Crippen MR) is 85.9 cm³/mol. The van der Waals surface area contributed by atoms with Crippen molar-refractivity contribution in [3.63, 3.8) is 0 Å². The summed E-state index contributed by atoms with van der Waals surface area (Å²) in [5, 5.41) is 3.10. The number of nitrogens with zero attached hydrogens (tertiary/aromatic N) is 1. The molecule has 0 spiro atoms. The van der Waals surface area contributed by atoms with Gasteiger partial charge in [0.05, 0.1) is 8.95 Å². The molecule has 20 heavy (non-hydrogen) atoms. The number of ether oxygens (including phenoxy) is 1. The summed E-state index contributed by atoms with van der Waals surface area (Å²) in [6.07, 6.45) is 2.21. The lowest BCUT2D eigenvalue weighted by atomic mass is 10.2. The zero-order chi connectivity index (χ0) is 14.7. The molecule has 1 aromatic carbocycles. The maximum atomic E-state index is 12.0. The molecule has 6 heteroatoms. The Kier molecular flexibility index (Phi) is 5.46. The predicted octanol–water partition coefficient (Wildman–Crippen LogP) is 2.93. The molecule has 1 aliphatic carbocycles. The fraction of sp³-hybridized carbons (Fsp3) is 0.500. The summed E-state index contributed by atoms with van der Waals surface area (Å²) in [6.45, 7) is 0.844. The molecule has 1 amide bonds. The van der Waals surface area contributed by atoms with E-state index in [-0.39, 0.29) is 12.5 Å². The van der Waals surface area contributed by atoms with Crippen LogP contribution in [0.1, 0.15) is 18.4 Å². The number of amides is 1. The first kappa shape index (κ1) is 15.8. The highest BCUT2D eigenvalue weighted by atomic mass is 79.9. The fourth-order valence-electron chi connectivity index (χ4n) is 1.96. The van der Waals surface area contributed by atoms with Crippen LogP contribution in [0.4, 0.5) is 0 Å². The van der Waals surface area contributed by atoms with Crippen molar-refractivity contribution < 1.29 is 9.53 Å². The number of halogens is 2. The molecule has 0 atom stereocenters. The Hall–Kier alpha value is -0.590. The number of likely N-dealkylation sites (N-methyl/N-ethyl adjacent to an activating group) is 1. The van der Waals surface area contributed by atoms with Gasteiger partial charge in [-0.05, 0) is 69.4 Å². The molecule has 110 valence electrons. The number of nitrogens with one attached hydrogen (secondary N) is 1. The number of rotatable bonds is 6. The molecule has 1 aliphatic rings. The molecule has 1 N–H and O–H groups in total. The Morgan fingerprint density at radius 3 is 2.50 bits per heavy atom. The van der Waals surface area contributed by atoms with Gasteiger partial charge in [0.2, 0.25) is 0 Å². The SMILES string of the molecule is CNCc1cc(Br)c(OCC(=O)N(C)C2CC2)c(Br)c1. The van der Waals surface area contributed by atoms with Crippen LogP contribution in [0.3, 0.4) is 0 Å². The van der Waals surface area contributed by atoms with Crippen LogP contribution in [0.15, 0.2) is 21.1 Å². The van der Waals surface area contributed by atoms with E-state index in [2.05, 4.69) is 37.2 Å². The zero-order valence-corrected chi connectivity index (χ0v) is 14.8. The molecule has 0 bridgehead atoms. The molecule has 0 unspecified atom stereocenters. The summed E-state index contributed by atoms with van der Waals surface area (Å²) in [5.41, 5.74) is 1.14. The first-order valence-electron chi connectivity index (χ1n) is 6.54. The van der Waals surface area contributed by atoms with Crippen LogP contribution in [0.25, 0.3) is 0 Å². The van der Waals surface area contributed by atoms with Crippen LogP contribution in [-0.2, 0) is 11.3 Å². The van der Waals surface area contributed by atoms with Gasteiger partial charge in [0.25, 0.3) is 5.91 Å². The zero-order valence-electron chi connectivity index (χ0n) is 11.6. The van der Waals surface area contributed by atoms with Crippen molar-refractivity contribution in [1.29, 1.82) is 0 Å². The minimum atomic E-state index is 0.0191. The summed E-state index contributed by atoms with van der Waals surface area (Å²) >= 11 is 6.98. The van der Waals surface area contributed by atoms with E-state index in [4.69, 9.17) is 4.74 Å². The average molecular weight is 406 g/mol. The second-order valence-electron chi connectivity index (χ2n) is 4.94. The normalized spacial score (nSPS) is 14.2. The quantitative estimate of drug-likeness (QED) is 0.791. The smallest absolute Gasteiger partial charge is 0.260 e. The Balaban J connectivity index is 2.00. The highest BCUT2D eigenvalue weighted by molar-refractivity contribution is 9.11. The molecule has 4 nitrogen and oxygen atoms in total. The summed E-state index contributed by atoms with van der Waals surface area (Å²) < 4.78 is 7.35. The lowest BCUT2D eigenvalue weighted by Gasteiger charge is -2.17. The van der Waals surface area contributed by atoms with Crippen LogP contribution < -0.4 is 10.1 Å². The molecule has 1 fully saturated rings. The molecule has 0 aromatic heterocycles. The van der Waals surface area contributed by atoms with Gasteiger partial charge in [-0.15, -0.1) is 0 Å². The first-order chi connectivity index (χ1) is 9.52. The van der Waals surface area contributed by atoms with Crippen molar-refractivity contribution in [2.75, 3.05) is 20.7 Å². The topological polar surface area (TPSA) is 41.6 Å². The van der Waals surface area contributed by atoms with E-state index >= 15 is 0 Å². The fourth-order valence-corrected chi connectivity index (χ4v) is 3.47. The molecule has 2 rings (SSSR count). The van der Waals surface area contributed by atoms with Crippen LogP contribution in [0.2, 0.25) is 0 Å². The van der Waals surface area contributed by atoms with Gasteiger partial charge in [-0.2, -0.15) is 0 Å². The van der Waals surface area contributed by atoms with Gasteiger partial charge in [-0.1, -0.05) is 0 Å². The van der Waals surface area contributed by atoms with E-state index in [9.17, 15) is 4.79 Å².